The second-order valence-corrected chi connectivity index (χ2v) is 16.9. The van der Waals surface area contributed by atoms with Gasteiger partial charge in [0.25, 0.3) is 0 Å². The summed E-state index contributed by atoms with van der Waals surface area (Å²) in [6.45, 7) is 1.18. The van der Waals surface area contributed by atoms with Gasteiger partial charge in [-0.15, -0.1) is 0 Å². The molecule has 0 fully saturated rings. The third kappa shape index (κ3) is 7.33. The van der Waals surface area contributed by atoms with E-state index in [0.29, 0.717) is 13.2 Å². The first-order valence-electron chi connectivity index (χ1n) is 22.3. The minimum atomic E-state index is -0.548. The van der Waals surface area contributed by atoms with E-state index in [2.05, 4.69) is 182 Å². The summed E-state index contributed by atoms with van der Waals surface area (Å²) in [4.78, 5) is 0. The fourth-order valence-corrected chi connectivity index (χ4v) is 9.93. The molecule has 0 amide bonds. The van der Waals surface area contributed by atoms with Gasteiger partial charge >= 0.3 is 0 Å². The van der Waals surface area contributed by atoms with E-state index < -0.39 is 5.41 Å². The maximum atomic E-state index is 10.3. The number of ether oxygens (including phenoxy) is 2. The van der Waals surface area contributed by atoms with Crippen LogP contribution in [0.25, 0.3) is 66.1 Å². The summed E-state index contributed by atoms with van der Waals surface area (Å²) in [5, 5.41) is 24.8. The molecule has 1 aliphatic carbocycles. The van der Waals surface area contributed by atoms with Crippen LogP contribution in [0.15, 0.2) is 218 Å². The Labute approximate surface area is 379 Å². The van der Waals surface area contributed by atoms with E-state index in [1.165, 1.54) is 27.8 Å². The normalized spacial score (nSPS) is 12.5. The smallest absolute Gasteiger partial charge is 0.119 e. The van der Waals surface area contributed by atoms with Crippen LogP contribution in [0, 0.1) is 0 Å². The van der Waals surface area contributed by atoms with Crippen molar-refractivity contribution in [2.45, 2.75) is 18.3 Å². The quantitative estimate of drug-likeness (QED) is 0.120. The van der Waals surface area contributed by atoms with Gasteiger partial charge in [-0.2, -0.15) is 0 Å². The molecule has 0 heterocycles. The third-order valence-electron chi connectivity index (χ3n) is 13.0. The highest BCUT2D eigenvalue weighted by molar-refractivity contribution is 5.95. The summed E-state index contributed by atoms with van der Waals surface area (Å²) >= 11 is 0. The Kier molecular flexibility index (Phi) is 10.3. The van der Waals surface area contributed by atoms with Crippen LogP contribution in [0.4, 0.5) is 0 Å². The Hall–Kier alpha value is -8.08. The van der Waals surface area contributed by atoms with Crippen molar-refractivity contribution < 1.29 is 19.7 Å². The summed E-state index contributed by atoms with van der Waals surface area (Å²) in [6.07, 6.45) is 1.72. The molecule has 1 aliphatic rings. The Morgan fingerprint density at radius 3 is 1.31 bits per heavy atom. The highest BCUT2D eigenvalue weighted by Crippen LogP contribution is 2.56. The van der Waals surface area contributed by atoms with Crippen molar-refractivity contribution in [3.05, 3.63) is 241 Å². The first kappa shape index (κ1) is 39.7. The van der Waals surface area contributed by atoms with Crippen LogP contribution in [0.5, 0.6) is 23.0 Å². The van der Waals surface area contributed by atoms with E-state index in [1.54, 1.807) is 24.3 Å². The summed E-state index contributed by atoms with van der Waals surface area (Å²) in [5.41, 5.74) is 13.4. The van der Waals surface area contributed by atoms with Crippen molar-refractivity contribution in [3.63, 3.8) is 0 Å². The minimum Gasteiger partial charge on any atom is -0.508 e. The molecule has 314 valence electrons. The number of hydrogen-bond donors (Lipinski definition) is 2. The molecule has 2 N–H and O–H groups in total. The lowest BCUT2D eigenvalue weighted by Gasteiger charge is -2.34. The van der Waals surface area contributed by atoms with Gasteiger partial charge in [-0.25, -0.2) is 0 Å². The molecular weight excluding hydrogens is 797 g/mol. The van der Waals surface area contributed by atoms with Crippen molar-refractivity contribution in [2.75, 3.05) is 13.2 Å². The summed E-state index contributed by atoms with van der Waals surface area (Å²) in [6, 6.07) is 75.6. The van der Waals surface area contributed by atoms with Crippen molar-refractivity contribution in [3.8, 4) is 67.5 Å². The van der Waals surface area contributed by atoms with Crippen LogP contribution in [0.2, 0.25) is 0 Å². The number of aromatic hydroxyl groups is 2. The molecule has 0 saturated heterocycles. The van der Waals surface area contributed by atoms with E-state index in [0.717, 1.165) is 84.8 Å². The average Bonchev–Trinajstić information content (AvgIpc) is 3.66. The van der Waals surface area contributed by atoms with Gasteiger partial charge in [-0.1, -0.05) is 158 Å². The SMILES string of the molecule is Oc1ccc(-c2ccccc2-c2ccccc2-c2ccc3ccc(OCCCCOc4ccc5ccc(C6(c7ccc(O)cc7)c7ccccc7-c7ccccc76)cc5c4)cc3c2)cc1. The highest BCUT2D eigenvalue weighted by Gasteiger charge is 2.46. The Morgan fingerprint density at radius 1 is 0.323 bits per heavy atom. The van der Waals surface area contributed by atoms with E-state index >= 15 is 0 Å². The van der Waals surface area contributed by atoms with Crippen molar-refractivity contribution >= 4 is 21.5 Å². The van der Waals surface area contributed by atoms with Gasteiger partial charge in [0, 0.05) is 0 Å². The molecule has 0 unspecified atom stereocenters. The minimum absolute atomic E-state index is 0.253. The van der Waals surface area contributed by atoms with Gasteiger partial charge in [-0.3, -0.25) is 0 Å². The molecule has 0 radical (unpaired) electrons. The third-order valence-corrected chi connectivity index (χ3v) is 13.0. The van der Waals surface area contributed by atoms with Crippen LogP contribution in [-0.2, 0) is 5.41 Å². The topological polar surface area (TPSA) is 58.9 Å². The van der Waals surface area contributed by atoms with Gasteiger partial charge in [-0.05, 0) is 162 Å². The summed E-state index contributed by atoms with van der Waals surface area (Å²) in [7, 11) is 0. The lowest BCUT2D eigenvalue weighted by atomic mass is 9.67. The second kappa shape index (κ2) is 16.9. The lowest BCUT2D eigenvalue weighted by molar-refractivity contribution is 0.267. The van der Waals surface area contributed by atoms with E-state index in [-0.39, 0.29) is 11.5 Å². The second-order valence-electron chi connectivity index (χ2n) is 16.9. The van der Waals surface area contributed by atoms with Gasteiger partial charge in [0.1, 0.15) is 23.0 Å². The van der Waals surface area contributed by atoms with E-state index in [4.69, 9.17) is 9.47 Å². The molecule has 65 heavy (non-hydrogen) atoms. The molecule has 0 spiro atoms. The van der Waals surface area contributed by atoms with Crippen molar-refractivity contribution in [1.82, 2.24) is 0 Å². The predicted molar refractivity (Wildman–Crippen MR) is 265 cm³/mol. The van der Waals surface area contributed by atoms with E-state index in [9.17, 15) is 10.2 Å². The molecule has 0 bridgehead atoms. The maximum absolute atomic E-state index is 10.3. The zero-order valence-electron chi connectivity index (χ0n) is 35.8. The molecule has 10 aromatic carbocycles. The van der Waals surface area contributed by atoms with Crippen LogP contribution in [0.3, 0.4) is 0 Å². The van der Waals surface area contributed by atoms with Crippen LogP contribution >= 0.6 is 0 Å². The zero-order valence-corrected chi connectivity index (χ0v) is 35.8. The largest absolute Gasteiger partial charge is 0.508 e. The van der Waals surface area contributed by atoms with Gasteiger partial charge in [0.15, 0.2) is 0 Å². The molecule has 10 aromatic rings. The van der Waals surface area contributed by atoms with Crippen molar-refractivity contribution in [2.24, 2.45) is 0 Å². The molecule has 4 heteroatoms. The molecular formula is C61H46O4. The summed E-state index contributed by atoms with van der Waals surface area (Å²) in [5.74, 6) is 2.21. The molecule has 0 saturated carbocycles. The Balaban J connectivity index is 0.778. The Bertz CT molecular complexity index is 3300. The van der Waals surface area contributed by atoms with Crippen molar-refractivity contribution in [1.29, 1.82) is 0 Å². The van der Waals surface area contributed by atoms with Gasteiger partial charge < -0.3 is 19.7 Å². The lowest BCUT2D eigenvalue weighted by Crippen LogP contribution is -2.28. The van der Waals surface area contributed by atoms with Gasteiger partial charge in [0.2, 0.25) is 0 Å². The molecule has 4 nitrogen and oxygen atoms in total. The number of benzene rings is 10. The first-order valence-corrected chi connectivity index (χ1v) is 22.3. The Morgan fingerprint density at radius 2 is 0.738 bits per heavy atom. The van der Waals surface area contributed by atoms with Gasteiger partial charge in [0.05, 0.1) is 18.6 Å². The molecule has 11 rings (SSSR count). The van der Waals surface area contributed by atoms with E-state index in [1.807, 2.05) is 12.1 Å². The number of unbranched alkanes of at least 4 members (excludes halogenated alkanes) is 1. The average molecular weight is 843 g/mol. The fourth-order valence-electron chi connectivity index (χ4n) is 9.93. The number of rotatable bonds is 12. The van der Waals surface area contributed by atoms with Crippen LogP contribution in [0.1, 0.15) is 35.1 Å². The van der Waals surface area contributed by atoms with Crippen LogP contribution in [-0.4, -0.2) is 23.4 Å². The molecule has 0 aromatic heterocycles. The number of fused-ring (bicyclic) bond motifs is 5. The van der Waals surface area contributed by atoms with Crippen LogP contribution < -0.4 is 9.47 Å². The number of phenolic OH excluding ortho intramolecular Hbond substituents is 2. The number of hydrogen-bond acceptors (Lipinski definition) is 4. The molecule has 0 aliphatic heterocycles. The number of phenols is 2. The fraction of sp³-hybridized carbons (Fsp3) is 0.0820. The monoisotopic (exact) mass is 842 g/mol. The zero-order chi connectivity index (χ0) is 43.7. The maximum Gasteiger partial charge on any atom is 0.119 e. The standard InChI is InChI=1S/C61H46O4/c62-49-29-22-43(23-30-49)53-11-1-3-13-55(53)56-14-4-2-12-54(56)44-20-19-41-24-33-51(39-45(41)37-44)64-35-9-10-36-65-52-34-25-42-21-26-48(38-46(42)40-52)61(47-27-31-50(63)32-28-47)59-17-7-5-15-57(59)58-16-6-8-18-60(58)61/h1-8,11-34,37-40,62-63H,9-10,35-36H2. The highest BCUT2D eigenvalue weighted by atomic mass is 16.5. The predicted octanol–water partition coefficient (Wildman–Crippen LogP) is 15.0. The molecule has 0 atom stereocenters. The first-order chi connectivity index (χ1) is 32.0. The summed E-state index contributed by atoms with van der Waals surface area (Å²) < 4.78 is 12.7.